The van der Waals surface area contributed by atoms with E-state index < -0.39 is 0 Å². The Morgan fingerprint density at radius 3 is 2.41 bits per heavy atom. The molecule has 0 aromatic heterocycles. The minimum atomic E-state index is 0.970. The third-order valence-corrected chi connectivity index (χ3v) is 2.90. The second-order valence-corrected chi connectivity index (χ2v) is 4.66. The lowest BCUT2D eigenvalue weighted by Gasteiger charge is -2.21. The van der Waals surface area contributed by atoms with E-state index in [0.717, 1.165) is 19.6 Å². The fourth-order valence-corrected chi connectivity index (χ4v) is 1.88. The highest BCUT2D eigenvalue weighted by Gasteiger charge is 2.06. The summed E-state index contributed by atoms with van der Waals surface area (Å²) in [5, 5.41) is 0. The number of hydrogen-bond donors (Lipinski definition) is 0. The molecule has 0 unspecified atom stereocenters. The van der Waals surface area contributed by atoms with Crippen LogP contribution in [0.5, 0.6) is 0 Å². The Bertz CT molecular complexity index is 352. The Kier molecular flexibility index (Phi) is 5.92. The van der Waals surface area contributed by atoms with Gasteiger partial charge in [-0.2, -0.15) is 0 Å². The minimum absolute atomic E-state index is 0.970. The van der Waals surface area contributed by atoms with Crippen LogP contribution in [0.4, 0.5) is 0 Å². The van der Waals surface area contributed by atoms with E-state index >= 15 is 0 Å². The zero-order chi connectivity index (χ0) is 12.7. The van der Waals surface area contributed by atoms with Gasteiger partial charge in [0.25, 0.3) is 0 Å². The van der Waals surface area contributed by atoms with Gasteiger partial charge in [0.15, 0.2) is 0 Å². The van der Waals surface area contributed by atoms with E-state index in [1.807, 2.05) is 7.05 Å². The van der Waals surface area contributed by atoms with E-state index in [0.29, 0.717) is 0 Å². The first-order chi connectivity index (χ1) is 8.15. The van der Waals surface area contributed by atoms with Crippen LogP contribution in [0.15, 0.2) is 29.3 Å². The van der Waals surface area contributed by atoms with Crippen LogP contribution in [0.3, 0.4) is 0 Å². The van der Waals surface area contributed by atoms with Gasteiger partial charge in [-0.3, -0.25) is 9.89 Å². The lowest BCUT2D eigenvalue weighted by atomic mass is 10.1. The normalized spacial score (nSPS) is 12.2. The average molecular weight is 232 g/mol. The molecule has 0 N–H and O–H groups in total. The van der Waals surface area contributed by atoms with E-state index in [9.17, 15) is 0 Å². The highest BCUT2D eigenvalue weighted by atomic mass is 15.1. The summed E-state index contributed by atoms with van der Waals surface area (Å²) in [6.07, 6.45) is 1.18. The topological polar surface area (TPSA) is 15.6 Å². The zero-order valence-corrected chi connectivity index (χ0v) is 11.5. The average Bonchev–Trinajstić information content (AvgIpc) is 2.32. The van der Waals surface area contributed by atoms with Crippen molar-refractivity contribution in [1.82, 2.24) is 4.90 Å². The highest BCUT2D eigenvalue weighted by Crippen LogP contribution is 2.07. The maximum atomic E-state index is 4.24. The van der Waals surface area contributed by atoms with Crippen molar-refractivity contribution in [2.75, 3.05) is 20.1 Å². The molecule has 0 fully saturated rings. The van der Waals surface area contributed by atoms with Gasteiger partial charge in [0.2, 0.25) is 0 Å². The van der Waals surface area contributed by atoms with Crippen LogP contribution in [0.1, 0.15) is 31.4 Å². The van der Waals surface area contributed by atoms with Gasteiger partial charge in [-0.15, -0.1) is 0 Å². The lowest BCUT2D eigenvalue weighted by molar-refractivity contribution is 0.303. The molecule has 0 heterocycles. The van der Waals surface area contributed by atoms with E-state index in [1.54, 1.807) is 0 Å². The summed E-state index contributed by atoms with van der Waals surface area (Å²) >= 11 is 0. The molecule has 17 heavy (non-hydrogen) atoms. The largest absolute Gasteiger partial charge is 0.296 e. The van der Waals surface area contributed by atoms with Gasteiger partial charge in [-0.1, -0.05) is 36.8 Å². The molecule has 0 aliphatic rings. The molecule has 0 saturated heterocycles. The van der Waals surface area contributed by atoms with Crippen molar-refractivity contribution >= 4 is 5.71 Å². The fraction of sp³-hybridized carbons (Fsp3) is 0.533. The van der Waals surface area contributed by atoms with Crippen LogP contribution >= 0.6 is 0 Å². The standard InChI is InChI=1S/C15H24N2/c1-5-10-17(11-14(3)16-4)12-15-8-6-13(2)7-9-15/h6-9H,5,10-12H2,1-4H3. The molecular formula is C15H24N2. The van der Waals surface area contributed by atoms with Crippen LogP contribution in [-0.2, 0) is 6.54 Å². The third kappa shape index (κ3) is 5.14. The number of aryl methyl sites for hydroxylation is 1. The molecule has 1 aromatic rings. The Morgan fingerprint density at radius 2 is 1.88 bits per heavy atom. The predicted molar refractivity (Wildman–Crippen MR) is 75.8 cm³/mol. The smallest absolute Gasteiger partial charge is 0.0364 e. The Labute approximate surface area is 105 Å². The fourth-order valence-electron chi connectivity index (χ4n) is 1.88. The van der Waals surface area contributed by atoms with E-state index in [1.165, 1.54) is 23.3 Å². The third-order valence-electron chi connectivity index (χ3n) is 2.90. The molecule has 0 bridgehead atoms. The molecule has 1 rings (SSSR count). The summed E-state index contributed by atoms with van der Waals surface area (Å²) < 4.78 is 0. The minimum Gasteiger partial charge on any atom is -0.296 e. The van der Waals surface area contributed by atoms with Crippen LogP contribution in [0.25, 0.3) is 0 Å². The van der Waals surface area contributed by atoms with Gasteiger partial charge < -0.3 is 0 Å². The molecule has 2 nitrogen and oxygen atoms in total. The van der Waals surface area contributed by atoms with Gasteiger partial charge in [-0.05, 0) is 32.4 Å². The van der Waals surface area contributed by atoms with Crippen molar-refractivity contribution in [3.8, 4) is 0 Å². The quantitative estimate of drug-likeness (QED) is 0.687. The van der Waals surface area contributed by atoms with Crippen LogP contribution in [-0.4, -0.2) is 30.7 Å². The molecule has 0 atom stereocenters. The first-order valence-electron chi connectivity index (χ1n) is 6.36. The van der Waals surface area contributed by atoms with E-state index in [-0.39, 0.29) is 0 Å². The van der Waals surface area contributed by atoms with Crippen LogP contribution < -0.4 is 0 Å². The van der Waals surface area contributed by atoms with Gasteiger partial charge in [-0.25, -0.2) is 0 Å². The van der Waals surface area contributed by atoms with Crippen LogP contribution in [0, 0.1) is 6.92 Å². The number of benzene rings is 1. The molecule has 0 spiro atoms. The summed E-state index contributed by atoms with van der Waals surface area (Å²) in [5.74, 6) is 0. The SMILES string of the molecule is CCCN(CC(C)=NC)Cc1ccc(C)cc1. The number of hydrogen-bond acceptors (Lipinski definition) is 2. The van der Waals surface area contributed by atoms with Crippen LogP contribution in [0.2, 0.25) is 0 Å². The summed E-state index contributed by atoms with van der Waals surface area (Å²) in [5.41, 5.74) is 3.90. The van der Waals surface area contributed by atoms with Gasteiger partial charge in [0.1, 0.15) is 0 Å². The summed E-state index contributed by atoms with van der Waals surface area (Å²) in [6, 6.07) is 8.80. The molecule has 0 saturated carbocycles. The Hall–Kier alpha value is -1.15. The first-order valence-corrected chi connectivity index (χ1v) is 6.36. The van der Waals surface area contributed by atoms with Crippen molar-refractivity contribution in [3.05, 3.63) is 35.4 Å². The lowest BCUT2D eigenvalue weighted by Crippen LogP contribution is -2.29. The molecule has 0 amide bonds. The molecule has 0 aliphatic carbocycles. The zero-order valence-electron chi connectivity index (χ0n) is 11.5. The molecule has 1 aromatic carbocycles. The number of aliphatic imine (C=N–C) groups is 1. The molecular weight excluding hydrogens is 208 g/mol. The van der Waals surface area contributed by atoms with Gasteiger partial charge in [0.05, 0.1) is 0 Å². The summed E-state index contributed by atoms with van der Waals surface area (Å²) in [6.45, 7) is 9.56. The van der Waals surface area contributed by atoms with Crippen molar-refractivity contribution < 1.29 is 0 Å². The molecule has 0 radical (unpaired) electrons. The van der Waals surface area contributed by atoms with Crippen molar-refractivity contribution in [2.45, 2.75) is 33.7 Å². The Balaban J connectivity index is 2.62. The number of rotatable bonds is 6. The molecule has 94 valence electrons. The second-order valence-electron chi connectivity index (χ2n) is 4.66. The number of nitrogens with zero attached hydrogens (tertiary/aromatic N) is 2. The summed E-state index contributed by atoms with van der Waals surface area (Å²) in [7, 11) is 1.87. The Morgan fingerprint density at radius 1 is 1.24 bits per heavy atom. The molecule has 0 aliphatic heterocycles. The van der Waals surface area contributed by atoms with Crippen molar-refractivity contribution in [1.29, 1.82) is 0 Å². The predicted octanol–water partition coefficient (Wildman–Crippen LogP) is 3.30. The second kappa shape index (κ2) is 7.23. The highest BCUT2D eigenvalue weighted by molar-refractivity contribution is 5.83. The van der Waals surface area contributed by atoms with Crippen molar-refractivity contribution in [3.63, 3.8) is 0 Å². The van der Waals surface area contributed by atoms with E-state index in [4.69, 9.17) is 0 Å². The van der Waals surface area contributed by atoms with E-state index in [2.05, 4.69) is 54.9 Å². The maximum Gasteiger partial charge on any atom is 0.0364 e. The van der Waals surface area contributed by atoms with Crippen molar-refractivity contribution in [2.24, 2.45) is 4.99 Å². The first kappa shape index (κ1) is 13.9. The monoisotopic (exact) mass is 232 g/mol. The van der Waals surface area contributed by atoms with Gasteiger partial charge in [0, 0.05) is 25.8 Å². The molecule has 2 heteroatoms. The van der Waals surface area contributed by atoms with Gasteiger partial charge >= 0.3 is 0 Å². The maximum absolute atomic E-state index is 4.24. The summed E-state index contributed by atoms with van der Waals surface area (Å²) in [4.78, 5) is 6.69.